The van der Waals surface area contributed by atoms with E-state index in [0.717, 1.165) is 29.3 Å². The summed E-state index contributed by atoms with van der Waals surface area (Å²) in [6.07, 6.45) is 1.61. The summed E-state index contributed by atoms with van der Waals surface area (Å²) in [6, 6.07) is 14.1. The van der Waals surface area contributed by atoms with Crippen molar-refractivity contribution in [3.63, 3.8) is 0 Å². The zero-order valence-electron chi connectivity index (χ0n) is 14.5. The predicted octanol–water partition coefficient (Wildman–Crippen LogP) is 2.85. The van der Waals surface area contributed by atoms with E-state index in [1.54, 1.807) is 6.26 Å². The summed E-state index contributed by atoms with van der Waals surface area (Å²) in [6.45, 7) is 4.69. The SMILES string of the molecule is CC[NH+](Cc1ccccc1)Cc1nc2scc(-c3ccco3)c2c(=O)[nH]1. The van der Waals surface area contributed by atoms with Gasteiger partial charge in [-0.2, -0.15) is 0 Å². The Morgan fingerprint density at radius 2 is 2.00 bits per heavy atom. The molecule has 0 amide bonds. The molecule has 0 spiro atoms. The molecule has 4 rings (SSSR count). The number of hydrogen-bond donors (Lipinski definition) is 2. The van der Waals surface area contributed by atoms with E-state index in [-0.39, 0.29) is 5.56 Å². The van der Waals surface area contributed by atoms with Gasteiger partial charge in [0.2, 0.25) is 0 Å². The maximum Gasteiger partial charge on any atom is 0.260 e. The summed E-state index contributed by atoms with van der Waals surface area (Å²) in [5, 5.41) is 2.54. The number of furan rings is 1. The van der Waals surface area contributed by atoms with Crippen molar-refractivity contribution in [3.8, 4) is 11.3 Å². The van der Waals surface area contributed by atoms with Crippen molar-refractivity contribution in [2.24, 2.45) is 0 Å². The van der Waals surface area contributed by atoms with Crippen LogP contribution >= 0.6 is 11.3 Å². The number of H-pyrrole nitrogens is 1. The van der Waals surface area contributed by atoms with E-state index in [0.29, 0.717) is 17.7 Å². The van der Waals surface area contributed by atoms with Gasteiger partial charge in [0.1, 0.15) is 23.7 Å². The largest absolute Gasteiger partial charge is 0.464 e. The van der Waals surface area contributed by atoms with Crippen molar-refractivity contribution >= 4 is 21.6 Å². The Balaban J connectivity index is 1.62. The molecule has 5 nitrogen and oxygen atoms in total. The number of quaternary nitrogens is 1. The maximum atomic E-state index is 12.7. The monoisotopic (exact) mass is 366 g/mol. The summed E-state index contributed by atoms with van der Waals surface area (Å²) in [7, 11) is 0. The van der Waals surface area contributed by atoms with Crippen LogP contribution in [0.25, 0.3) is 21.5 Å². The molecule has 1 unspecified atom stereocenters. The lowest BCUT2D eigenvalue weighted by Crippen LogP contribution is -3.09. The van der Waals surface area contributed by atoms with Gasteiger partial charge in [-0.3, -0.25) is 4.79 Å². The van der Waals surface area contributed by atoms with Gasteiger partial charge >= 0.3 is 0 Å². The summed E-state index contributed by atoms with van der Waals surface area (Å²) in [4.78, 5) is 22.4. The average molecular weight is 366 g/mol. The Labute approximate surface area is 154 Å². The summed E-state index contributed by atoms with van der Waals surface area (Å²) in [5.74, 6) is 1.42. The molecule has 0 aliphatic carbocycles. The Morgan fingerprint density at radius 1 is 1.15 bits per heavy atom. The smallest absolute Gasteiger partial charge is 0.260 e. The fraction of sp³-hybridized carbons (Fsp3) is 0.200. The highest BCUT2D eigenvalue weighted by atomic mass is 32.1. The zero-order valence-corrected chi connectivity index (χ0v) is 15.3. The number of hydrogen-bond acceptors (Lipinski definition) is 4. The van der Waals surface area contributed by atoms with Crippen LogP contribution in [0.4, 0.5) is 0 Å². The molecule has 0 fully saturated rings. The van der Waals surface area contributed by atoms with Crippen molar-refractivity contribution in [1.82, 2.24) is 9.97 Å². The molecule has 0 saturated heterocycles. The predicted molar refractivity (Wildman–Crippen MR) is 103 cm³/mol. The van der Waals surface area contributed by atoms with Crippen LogP contribution in [0.1, 0.15) is 18.3 Å². The normalized spacial score (nSPS) is 12.5. The second kappa shape index (κ2) is 7.27. The highest BCUT2D eigenvalue weighted by Crippen LogP contribution is 2.30. The molecule has 0 bridgehead atoms. The molecule has 6 heteroatoms. The van der Waals surface area contributed by atoms with Crippen LogP contribution in [-0.4, -0.2) is 16.5 Å². The van der Waals surface area contributed by atoms with Crippen LogP contribution in [0.15, 0.2) is 63.3 Å². The van der Waals surface area contributed by atoms with Gasteiger partial charge in [-0.25, -0.2) is 4.98 Å². The fourth-order valence-corrected chi connectivity index (χ4v) is 4.07. The molecular formula is C20H20N3O2S+. The molecule has 132 valence electrons. The number of aromatic nitrogens is 2. The van der Waals surface area contributed by atoms with E-state index in [2.05, 4.69) is 36.2 Å². The molecule has 0 saturated carbocycles. The number of nitrogens with zero attached hydrogens (tertiary/aromatic N) is 1. The second-order valence-corrected chi connectivity index (χ2v) is 7.12. The summed E-state index contributed by atoms with van der Waals surface area (Å²) in [5.41, 5.74) is 1.98. The average Bonchev–Trinajstić information content (AvgIpc) is 3.31. The summed E-state index contributed by atoms with van der Waals surface area (Å²) >= 11 is 1.48. The Hall–Kier alpha value is -2.70. The van der Waals surface area contributed by atoms with E-state index in [1.165, 1.54) is 21.8 Å². The molecule has 0 aliphatic heterocycles. The molecule has 1 aromatic carbocycles. The number of rotatable bonds is 6. The fourth-order valence-electron chi connectivity index (χ4n) is 3.12. The number of thiophene rings is 1. The van der Waals surface area contributed by atoms with E-state index >= 15 is 0 Å². The van der Waals surface area contributed by atoms with Gasteiger partial charge in [0.25, 0.3) is 5.56 Å². The van der Waals surface area contributed by atoms with Crippen LogP contribution in [0.2, 0.25) is 0 Å². The van der Waals surface area contributed by atoms with Gasteiger partial charge in [0, 0.05) is 16.5 Å². The van der Waals surface area contributed by atoms with E-state index in [4.69, 9.17) is 9.40 Å². The summed E-state index contributed by atoms with van der Waals surface area (Å²) < 4.78 is 5.44. The number of benzene rings is 1. The van der Waals surface area contributed by atoms with Crippen LogP contribution in [0.5, 0.6) is 0 Å². The Morgan fingerprint density at radius 3 is 2.73 bits per heavy atom. The standard InChI is InChI=1S/C20H19N3O2S/c1-2-23(11-14-7-4-3-5-8-14)12-17-21-19(24)18-15(13-26-20(18)22-17)16-9-6-10-25-16/h3-10,13H,2,11-12H2,1H3,(H,21,22,24)/p+1. The third-order valence-electron chi connectivity index (χ3n) is 4.49. The number of fused-ring (bicyclic) bond motifs is 1. The van der Waals surface area contributed by atoms with Crippen LogP contribution < -0.4 is 10.5 Å². The van der Waals surface area contributed by atoms with E-state index in [9.17, 15) is 4.79 Å². The molecule has 3 heterocycles. The number of nitrogens with one attached hydrogen (secondary N) is 2. The van der Waals surface area contributed by atoms with Gasteiger partial charge < -0.3 is 14.3 Å². The second-order valence-electron chi connectivity index (χ2n) is 6.26. The van der Waals surface area contributed by atoms with Crippen molar-refractivity contribution in [2.75, 3.05) is 6.54 Å². The minimum absolute atomic E-state index is 0.104. The maximum absolute atomic E-state index is 12.7. The minimum atomic E-state index is -0.104. The minimum Gasteiger partial charge on any atom is -0.464 e. The molecule has 2 N–H and O–H groups in total. The molecular weight excluding hydrogens is 346 g/mol. The van der Waals surface area contributed by atoms with Crippen LogP contribution in [-0.2, 0) is 13.1 Å². The molecule has 1 atom stereocenters. The van der Waals surface area contributed by atoms with E-state index < -0.39 is 0 Å². The van der Waals surface area contributed by atoms with E-state index in [1.807, 2.05) is 23.6 Å². The lowest BCUT2D eigenvalue weighted by molar-refractivity contribution is -0.926. The van der Waals surface area contributed by atoms with Gasteiger partial charge in [0.15, 0.2) is 5.82 Å². The first-order valence-electron chi connectivity index (χ1n) is 8.66. The van der Waals surface area contributed by atoms with Gasteiger partial charge in [-0.15, -0.1) is 11.3 Å². The third-order valence-corrected chi connectivity index (χ3v) is 5.37. The zero-order chi connectivity index (χ0) is 17.9. The van der Waals surface area contributed by atoms with Crippen molar-refractivity contribution in [2.45, 2.75) is 20.0 Å². The molecule has 3 aromatic heterocycles. The lowest BCUT2D eigenvalue weighted by Gasteiger charge is -2.17. The van der Waals surface area contributed by atoms with Crippen molar-refractivity contribution in [3.05, 3.63) is 75.8 Å². The Bertz CT molecular complexity index is 1050. The van der Waals surface area contributed by atoms with Crippen molar-refractivity contribution < 1.29 is 9.32 Å². The lowest BCUT2D eigenvalue weighted by atomic mass is 10.2. The number of aromatic amines is 1. The van der Waals surface area contributed by atoms with Crippen LogP contribution in [0, 0.1) is 0 Å². The molecule has 0 radical (unpaired) electrons. The first-order valence-corrected chi connectivity index (χ1v) is 9.54. The van der Waals surface area contributed by atoms with Gasteiger partial charge in [0.05, 0.1) is 18.2 Å². The van der Waals surface area contributed by atoms with Crippen LogP contribution in [0.3, 0.4) is 0 Å². The Kier molecular flexibility index (Phi) is 4.69. The van der Waals surface area contributed by atoms with Gasteiger partial charge in [-0.1, -0.05) is 30.3 Å². The van der Waals surface area contributed by atoms with Gasteiger partial charge in [-0.05, 0) is 19.1 Å². The highest BCUT2D eigenvalue weighted by molar-refractivity contribution is 7.17. The molecule has 0 aliphatic rings. The molecule has 4 aromatic rings. The van der Waals surface area contributed by atoms with Crippen molar-refractivity contribution in [1.29, 1.82) is 0 Å². The third kappa shape index (κ3) is 3.34. The quantitative estimate of drug-likeness (QED) is 0.552. The topological polar surface area (TPSA) is 63.3 Å². The first kappa shape index (κ1) is 16.8. The molecule has 26 heavy (non-hydrogen) atoms. The highest BCUT2D eigenvalue weighted by Gasteiger charge is 2.17. The first-order chi connectivity index (χ1) is 12.7.